The van der Waals surface area contributed by atoms with Crippen LogP contribution in [0.2, 0.25) is 5.02 Å². The summed E-state index contributed by atoms with van der Waals surface area (Å²) in [5, 5.41) is 3.24. The summed E-state index contributed by atoms with van der Waals surface area (Å²) in [5.74, 6) is -0.272. The molecule has 0 atom stereocenters. The second kappa shape index (κ2) is 10.3. The molecule has 1 fully saturated rings. The van der Waals surface area contributed by atoms with Crippen LogP contribution < -0.4 is 5.32 Å². The van der Waals surface area contributed by atoms with Gasteiger partial charge in [0.05, 0.1) is 12.8 Å². The molecule has 1 saturated heterocycles. The average molecular weight is 464 g/mol. The van der Waals surface area contributed by atoms with Crippen LogP contribution in [0, 0.1) is 0 Å². The molecule has 31 heavy (non-hydrogen) atoms. The minimum Gasteiger partial charge on any atom is -0.351 e. The highest BCUT2D eigenvalue weighted by atomic mass is 35.5. The maximum absolute atomic E-state index is 12.5. The first-order valence-corrected chi connectivity index (χ1v) is 12.3. The lowest BCUT2D eigenvalue weighted by Crippen LogP contribution is -2.39. The van der Waals surface area contributed by atoms with Gasteiger partial charge in [-0.2, -0.15) is 4.31 Å². The van der Waals surface area contributed by atoms with Crippen LogP contribution in [0.5, 0.6) is 0 Å². The highest BCUT2D eigenvalue weighted by molar-refractivity contribution is 7.88. The van der Waals surface area contributed by atoms with Gasteiger partial charge in [0.15, 0.2) is 0 Å². The standard InChI is InChI=1S/C22H26ClN3O4S/c1-31(29,30)26(15-19-9-4-5-10-20(19)23)16-21(27)24-13-17-7-2-3-8-18(17)14-25-12-6-11-22(25)28/h2-5,7-10H,6,11-16H2,1H3,(H,24,27). The smallest absolute Gasteiger partial charge is 0.235 e. The predicted octanol–water partition coefficient (Wildman–Crippen LogP) is 2.54. The summed E-state index contributed by atoms with van der Waals surface area (Å²) in [4.78, 5) is 26.3. The van der Waals surface area contributed by atoms with Crippen molar-refractivity contribution in [3.63, 3.8) is 0 Å². The zero-order valence-electron chi connectivity index (χ0n) is 17.4. The summed E-state index contributed by atoms with van der Waals surface area (Å²) < 4.78 is 25.5. The summed E-state index contributed by atoms with van der Waals surface area (Å²) in [6, 6.07) is 14.5. The number of hydrogen-bond acceptors (Lipinski definition) is 4. The van der Waals surface area contributed by atoms with Crippen LogP contribution in [0.25, 0.3) is 0 Å². The molecule has 7 nitrogen and oxygen atoms in total. The molecule has 2 aromatic carbocycles. The zero-order chi connectivity index (χ0) is 22.4. The largest absolute Gasteiger partial charge is 0.351 e. The molecule has 1 N–H and O–H groups in total. The number of nitrogens with zero attached hydrogens (tertiary/aromatic N) is 2. The number of benzene rings is 2. The molecule has 0 saturated carbocycles. The van der Waals surface area contributed by atoms with E-state index in [0.29, 0.717) is 23.6 Å². The summed E-state index contributed by atoms with van der Waals surface area (Å²) in [6.07, 6.45) is 2.51. The van der Waals surface area contributed by atoms with E-state index in [-0.39, 0.29) is 25.5 Å². The van der Waals surface area contributed by atoms with Gasteiger partial charge in [-0.3, -0.25) is 9.59 Å². The summed E-state index contributed by atoms with van der Waals surface area (Å²) in [6.45, 7) is 1.20. The highest BCUT2D eigenvalue weighted by Gasteiger charge is 2.23. The molecule has 3 rings (SSSR count). The summed E-state index contributed by atoms with van der Waals surface area (Å²) >= 11 is 6.14. The Labute approximate surface area is 188 Å². The molecule has 0 bridgehead atoms. The van der Waals surface area contributed by atoms with Crippen molar-refractivity contribution in [2.75, 3.05) is 19.3 Å². The number of sulfonamides is 1. The summed E-state index contributed by atoms with van der Waals surface area (Å²) in [7, 11) is -3.62. The second-order valence-electron chi connectivity index (χ2n) is 7.59. The zero-order valence-corrected chi connectivity index (χ0v) is 19.0. The first-order chi connectivity index (χ1) is 14.7. The van der Waals surface area contributed by atoms with E-state index in [4.69, 9.17) is 11.6 Å². The van der Waals surface area contributed by atoms with Crippen molar-refractivity contribution >= 4 is 33.4 Å². The monoisotopic (exact) mass is 463 g/mol. The fraction of sp³-hybridized carbons (Fsp3) is 0.364. The van der Waals surface area contributed by atoms with Crippen LogP contribution >= 0.6 is 11.6 Å². The van der Waals surface area contributed by atoms with E-state index in [1.807, 2.05) is 29.2 Å². The Bertz CT molecular complexity index is 1060. The Balaban J connectivity index is 1.63. The first-order valence-electron chi connectivity index (χ1n) is 10.0. The van der Waals surface area contributed by atoms with Crippen molar-refractivity contribution < 1.29 is 18.0 Å². The second-order valence-corrected chi connectivity index (χ2v) is 9.98. The van der Waals surface area contributed by atoms with E-state index >= 15 is 0 Å². The third-order valence-corrected chi connectivity index (χ3v) is 6.79. The van der Waals surface area contributed by atoms with Crippen molar-refractivity contribution in [1.29, 1.82) is 0 Å². The van der Waals surface area contributed by atoms with Gasteiger partial charge < -0.3 is 10.2 Å². The van der Waals surface area contributed by atoms with Crippen LogP contribution in [0.4, 0.5) is 0 Å². The lowest BCUT2D eigenvalue weighted by molar-refractivity contribution is -0.128. The van der Waals surface area contributed by atoms with Gasteiger partial charge in [0, 0.05) is 37.6 Å². The maximum atomic E-state index is 12.5. The van der Waals surface area contributed by atoms with Gasteiger partial charge in [-0.25, -0.2) is 8.42 Å². The maximum Gasteiger partial charge on any atom is 0.235 e. The average Bonchev–Trinajstić information content (AvgIpc) is 3.12. The minimum absolute atomic E-state index is 0.0135. The van der Waals surface area contributed by atoms with Crippen LogP contribution in [0.15, 0.2) is 48.5 Å². The van der Waals surface area contributed by atoms with Crippen LogP contribution in [-0.2, 0) is 39.2 Å². The van der Waals surface area contributed by atoms with Crippen LogP contribution in [-0.4, -0.2) is 48.8 Å². The topological polar surface area (TPSA) is 86.8 Å². The van der Waals surface area contributed by atoms with Gasteiger partial charge in [0.2, 0.25) is 21.8 Å². The molecule has 0 aliphatic carbocycles. The molecular formula is C22H26ClN3O4S. The quantitative estimate of drug-likeness (QED) is 0.619. The van der Waals surface area contributed by atoms with E-state index in [1.54, 1.807) is 24.3 Å². The fourth-order valence-corrected chi connectivity index (χ4v) is 4.40. The van der Waals surface area contributed by atoms with E-state index in [2.05, 4.69) is 5.32 Å². The molecule has 0 unspecified atom stereocenters. The molecular weight excluding hydrogens is 438 g/mol. The lowest BCUT2D eigenvalue weighted by Gasteiger charge is -2.21. The molecule has 1 heterocycles. The van der Waals surface area contributed by atoms with Gasteiger partial charge in [0.1, 0.15) is 0 Å². The molecule has 166 valence electrons. The molecule has 1 aliphatic rings. The number of carbonyl (C=O) groups excluding carboxylic acids is 2. The number of amides is 2. The van der Waals surface area contributed by atoms with Crippen molar-refractivity contribution in [3.05, 3.63) is 70.2 Å². The van der Waals surface area contributed by atoms with E-state index in [0.717, 1.165) is 34.7 Å². The van der Waals surface area contributed by atoms with E-state index < -0.39 is 15.9 Å². The molecule has 1 aliphatic heterocycles. The third kappa shape index (κ3) is 6.53. The SMILES string of the molecule is CS(=O)(=O)N(CC(=O)NCc1ccccc1CN1CCCC1=O)Cc1ccccc1Cl. The minimum atomic E-state index is -3.62. The molecule has 0 aromatic heterocycles. The molecule has 9 heteroatoms. The predicted molar refractivity (Wildman–Crippen MR) is 120 cm³/mol. The van der Waals surface area contributed by atoms with Gasteiger partial charge in [0.25, 0.3) is 0 Å². The Morgan fingerprint density at radius 3 is 2.35 bits per heavy atom. The first kappa shape index (κ1) is 23.2. The number of carbonyl (C=O) groups is 2. The van der Waals surface area contributed by atoms with Gasteiger partial charge in [-0.1, -0.05) is 54.1 Å². The normalized spacial score (nSPS) is 14.3. The number of rotatable bonds is 9. The van der Waals surface area contributed by atoms with Gasteiger partial charge >= 0.3 is 0 Å². The van der Waals surface area contributed by atoms with Crippen LogP contribution in [0.3, 0.4) is 0 Å². The third-order valence-electron chi connectivity index (χ3n) is 5.22. The molecule has 2 amide bonds. The Morgan fingerprint density at radius 1 is 1.10 bits per heavy atom. The van der Waals surface area contributed by atoms with Crippen molar-refractivity contribution in [2.45, 2.75) is 32.5 Å². The highest BCUT2D eigenvalue weighted by Crippen LogP contribution is 2.19. The number of likely N-dealkylation sites (tertiary alicyclic amines) is 1. The van der Waals surface area contributed by atoms with Crippen molar-refractivity contribution in [2.24, 2.45) is 0 Å². The number of halogens is 1. The Hall–Kier alpha value is -2.42. The van der Waals surface area contributed by atoms with Gasteiger partial charge in [-0.05, 0) is 29.2 Å². The summed E-state index contributed by atoms with van der Waals surface area (Å²) in [5.41, 5.74) is 2.49. The lowest BCUT2D eigenvalue weighted by atomic mass is 10.1. The van der Waals surface area contributed by atoms with E-state index in [1.165, 1.54) is 0 Å². The van der Waals surface area contributed by atoms with Crippen LogP contribution in [0.1, 0.15) is 29.5 Å². The van der Waals surface area contributed by atoms with Gasteiger partial charge in [-0.15, -0.1) is 0 Å². The Kier molecular flexibility index (Phi) is 7.69. The fourth-order valence-electron chi connectivity index (χ4n) is 3.48. The molecule has 2 aromatic rings. The van der Waals surface area contributed by atoms with E-state index in [9.17, 15) is 18.0 Å². The molecule has 0 radical (unpaired) electrons. The van der Waals surface area contributed by atoms with Crippen molar-refractivity contribution in [3.8, 4) is 0 Å². The number of nitrogens with one attached hydrogen (secondary N) is 1. The molecule has 0 spiro atoms. The van der Waals surface area contributed by atoms with Crippen molar-refractivity contribution in [1.82, 2.24) is 14.5 Å². The Morgan fingerprint density at radius 2 is 1.74 bits per heavy atom. The number of hydrogen-bond donors (Lipinski definition) is 1.